The Morgan fingerprint density at radius 1 is 1.47 bits per heavy atom. The summed E-state index contributed by atoms with van der Waals surface area (Å²) in [4.78, 5) is 4.25. The molecule has 78 valence electrons. The molecule has 1 aromatic carbocycles. The lowest BCUT2D eigenvalue weighted by molar-refractivity contribution is 0.341. The van der Waals surface area contributed by atoms with E-state index in [2.05, 4.69) is 4.98 Å². The van der Waals surface area contributed by atoms with E-state index >= 15 is 0 Å². The predicted octanol–water partition coefficient (Wildman–Crippen LogP) is 3.86. The van der Waals surface area contributed by atoms with Gasteiger partial charge in [0.15, 0.2) is 0 Å². The van der Waals surface area contributed by atoms with Crippen molar-refractivity contribution in [3.05, 3.63) is 34.1 Å². The maximum atomic E-state index is 5.95. The molecule has 2 rings (SSSR count). The maximum Gasteiger partial charge on any atom is 0.128 e. The van der Waals surface area contributed by atoms with Crippen molar-refractivity contribution in [2.75, 3.05) is 6.61 Å². The standard InChI is InChI=1S/C11H10ClNOS/c1-2-14-11-4-3-8(12)5-9(11)10-6-15-7-13-10/h3-7H,2H2,1H3. The SMILES string of the molecule is CCOc1ccc(Cl)cc1-c1cscn1. The summed E-state index contributed by atoms with van der Waals surface area (Å²) in [5.41, 5.74) is 3.66. The highest BCUT2D eigenvalue weighted by molar-refractivity contribution is 7.07. The lowest BCUT2D eigenvalue weighted by Gasteiger charge is -2.08. The zero-order chi connectivity index (χ0) is 10.7. The van der Waals surface area contributed by atoms with Gasteiger partial charge in [-0.1, -0.05) is 11.6 Å². The topological polar surface area (TPSA) is 22.1 Å². The van der Waals surface area contributed by atoms with Gasteiger partial charge < -0.3 is 4.74 Å². The highest BCUT2D eigenvalue weighted by Gasteiger charge is 2.08. The zero-order valence-electron chi connectivity index (χ0n) is 8.24. The quantitative estimate of drug-likeness (QED) is 0.812. The average Bonchev–Trinajstić information content (AvgIpc) is 2.74. The van der Waals surface area contributed by atoms with Crippen LogP contribution in [0.25, 0.3) is 11.3 Å². The number of hydrogen-bond acceptors (Lipinski definition) is 3. The molecule has 0 spiro atoms. The number of nitrogens with zero attached hydrogens (tertiary/aromatic N) is 1. The van der Waals surface area contributed by atoms with Gasteiger partial charge in [0, 0.05) is 16.0 Å². The Labute approximate surface area is 97.5 Å². The van der Waals surface area contributed by atoms with Gasteiger partial charge in [-0.3, -0.25) is 0 Å². The number of benzene rings is 1. The van der Waals surface area contributed by atoms with E-state index in [0.717, 1.165) is 17.0 Å². The molecule has 0 amide bonds. The second-order valence-corrected chi connectivity index (χ2v) is 4.10. The first-order valence-corrected chi connectivity index (χ1v) is 5.94. The summed E-state index contributed by atoms with van der Waals surface area (Å²) in [6.45, 7) is 2.60. The van der Waals surface area contributed by atoms with E-state index < -0.39 is 0 Å². The van der Waals surface area contributed by atoms with Crippen LogP contribution in [0, 0.1) is 0 Å². The Morgan fingerprint density at radius 2 is 2.33 bits per heavy atom. The van der Waals surface area contributed by atoms with Crippen LogP contribution in [-0.4, -0.2) is 11.6 Å². The number of ether oxygens (including phenoxy) is 1. The summed E-state index contributed by atoms with van der Waals surface area (Å²) in [5.74, 6) is 0.827. The average molecular weight is 240 g/mol. The van der Waals surface area contributed by atoms with Gasteiger partial charge in [-0.15, -0.1) is 11.3 Å². The zero-order valence-corrected chi connectivity index (χ0v) is 9.81. The fraction of sp³-hybridized carbons (Fsp3) is 0.182. The number of halogens is 1. The van der Waals surface area contributed by atoms with Gasteiger partial charge in [-0.25, -0.2) is 4.98 Å². The minimum Gasteiger partial charge on any atom is -0.493 e. The Bertz CT molecular complexity index is 442. The van der Waals surface area contributed by atoms with Crippen LogP contribution in [0.15, 0.2) is 29.1 Å². The van der Waals surface area contributed by atoms with Gasteiger partial charge in [0.2, 0.25) is 0 Å². The van der Waals surface area contributed by atoms with Crippen molar-refractivity contribution < 1.29 is 4.74 Å². The molecule has 0 N–H and O–H groups in total. The fourth-order valence-electron chi connectivity index (χ4n) is 1.33. The highest BCUT2D eigenvalue weighted by atomic mass is 35.5. The minimum atomic E-state index is 0.638. The van der Waals surface area contributed by atoms with Crippen LogP contribution in [0.2, 0.25) is 5.02 Å². The molecule has 0 aliphatic rings. The molecule has 2 aromatic rings. The molecule has 0 bridgehead atoms. The second-order valence-electron chi connectivity index (χ2n) is 2.95. The molecule has 2 nitrogen and oxygen atoms in total. The Kier molecular flexibility index (Phi) is 3.23. The first-order valence-electron chi connectivity index (χ1n) is 4.62. The van der Waals surface area contributed by atoms with E-state index in [-0.39, 0.29) is 0 Å². The van der Waals surface area contributed by atoms with E-state index in [0.29, 0.717) is 11.6 Å². The van der Waals surface area contributed by atoms with Crippen molar-refractivity contribution in [3.8, 4) is 17.0 Å². The molecule has 1 aromatic heterocycles. The fourth-order valence-corrected chi connectivity index (χ4v) is 2.05. The van der Waals surface area contributed by atoms with Crippen LogP contribution in [0.3, 0.4) is 0 Å². The van der Waals surface area contributed by atoms with Crippen molar-refractivity contribution in [3.63, 3.8) is 0 Å². The van der Waals surface area contributed by atoms with E-state index in [1.807, 2.05) is 30.5 Å². The van der Waals surface area contributed by atoms with E-state index in [4.69, 9.17) is 16.3 Å². The smallest absolute Gasteiger partial charge is 0.128 e. The first-order chi connectivity index (χ1) is 7.31. The molecule has 4 heteroatoms. The van der Waals surface area contributed by atoms with Gasteiger partial charge in [0.05, 0.1) is 17.8 Å². The predicted molar refractivity (Wildman–Crippen MR) is 63.7 cm³/mol. The van der Waals surface area contributed by atoms with Crippen LogP contribution in [0.5, 0.6) is 5.75 Å². The molecule has 0 saturated carbocycles. The molecule has 1 heterocycles. The molecular formula is C11H10ClNOS. The number of hydrogen-bond donors (Lipinski definition) is 0. The van der Waals surface area contributed by atoms with Crippen molar-refractivity contribution in [1.29, 1.82) is 0 Å². The summed E-state index contributed by atoms with van der Waals surface area (Å²) in [7, 11) is 0. The van der Waals surface area contributed by atoms with Gasteiger partial charge in [-0.05, 0) is 25.1 Å². The molecule has 0 aliphatic heterocycles. The number of rotatable bonds is 3. The van der Waals surface area contributed by atoms with Crippen LogP contribution in [0.1, 0.15) is 6.92 Å². The minimum absolute atomic E-state index is 0.638. The monoisotopic (exact) mass is 239 g/mol. The molecular weight excluding hydrogens is 230 g/mol. The Balaban J connectivity index is 2.47. The van der Waals surface area contributed by atoms with Crippen molar-refractivity contribution in [2.24, 2.45) is 0 Å². The van der Waals surface area contributed by atoms with E-state index in [9.17, 15) is 0 Å². The molecule has 0 unspecified atom stereocenters. The third kappa shape index (κ3) is 2.30. The Morgan fingerprint density at radius 3 is 3.00 bits per heavy atom. The van der Waals surface area contributed by atoms with Crippen LogP contribution in [-0.2, 0) is 0 Å². The van der Waals surface area contributed by atoms with Crippen LogP contribution >= 0.6 is 22.9 Å². The van der Waals surface area contributed by atoms with Crippen LogP contribution < -0.4 is 4.74 Å². The molecule has 0 aliphatic carbocycles. The maximum absolute atomic E-state index is 5.95. The number of thiazole rings is 1. The van der Waals surface area contributed by atoms with Crippen molar-refractivity contribution in [2.45, 2.75) is 6.92 Å². The van der Waals surface area contributed by atoms with Gasteiger partial charge in [-0.2, -0.15) is 0 Å². The molecule has 0 atom stereocenters. The normalized spacial score (nSPS) is 10.3. The summed E-state index contributed by atoms with van der Waals surface area (Å²) < 4.78 is 5.52. The van der Waals surface area contributed by atoms with Crippen molar-refractivity contribution >= 4 is 22.9 Å². The summed E-state index contributed by atoms with van der Waals surface area (Å²) in [5, 5.41) is 2.68. The lowest BCUT2D eigenvalue weighted by atomic mass is 10.1. The number of aromatic nitrogens is 1. The molecule has 15 heavy (non-hydrogen) atoms. The van der Waals surface area contributed by atoms with Gasteiger partial charge in [0.25, 0.3) is 0 Å². The summed E-state index contributed by atoms with van der Waals surface area (Å²) >= 11 is 7.51. The first kappa shape index (κ1) is 10.5. The Hall–Kier alpha value is -1.06. The van der Waals surface area contributed by atoms with E-state index in [1.54, 1.807) is 16.8 Å². The van der Waals surface area contributed by atoms with Gasteiger partial charge in [0.1, 0.15) is 5.75 Å². The second kappa shape index (κ2) is 4.64. The molecule has 0 fully saturated rings. The van der Waals surface area contributed by atoms with Crippen molar-refractivity contribution in [1.82, 2.24) is 4.98 Å². The third-order valence-corrected chi connectivity index (χ3v) is 2.77. The van der Waals surface area contributed by atoms with Gasteiger partial charge >= 0.3 is 0 Å². The highest BCUT2D eigenvalue weighted by Crippen LogP contribution is 2.32. The van der Waals surface area contributed by atoms with Crippen LogP contribution in [0.4, 0.5) is 0 Å². The lowest BCUT2D eigenvalue weighted by Crippen LogP contribution is -1.93. The van der Waals surface area contributed by atoms with E-state index in [1.165, 1.54) is 0 Å². The third-order valence-electron chi connectivity index (χ3n) is 1.95. The largest absolute Gasteiger partial charge is 0.493 e. The summed E-state index contributed by atoms with van der Waals surface area (Å²) in [6.07, 6.45) is 0. The summed E-state index contributed by atoms with van der Waals surface area (Å²) in [6, 6.07) is 5.57. The molecule has 0 radical (unpaired) electrons. The molecule has 0 saturated heterocycles.